The lowest BCUT2D eigenvalue weighted by Crippen LogP contribution is -2.54. The molecule has 214 valence electrons. The number of ether oxygens (including phenoxy) is 1. The van der Waals surface area contributed by atoms with Crippen molar-refractivity contribution in [2.45, 2.75) is 89.9 Å². The molecule has 1 saturated carbocycles. The van der Waals surface area contributed by atoms with E-state index in [4.69, 9.17) is 4.74 Å². The van der Waals surface area contributed by atoms with Crippen molar-refractivity contribution >= 4 is 17.9 Å². The van der Waals surface area contributed by atoms with Gasteiger partial charge in [0.15, 0.2) is 0 Å². The highest BCUT2D eigenvalue weighted by Crippen LogP contribution is 2.27. The van der Waals surface area contributed by atoms with Gasteiger partial charge in [0, 0.05) is 12.5 Å². The maximum absolute atomic E-state index is 14.2. The third kappa shape index (κ3) is 8.73. The minimum Gasteiger partial charge on any atom is -0.508 e. The summed E-state index contributed by atoms with van der Waals surface area (Å²) in [5.41, 5.74) is 1.28. The normalized spacial score (nSPS) is 15.3. The lowest BCUT2D eigenvalue weighted by atomic mass is 9.93. The lowest BCUT2D eigenvalue weighted by Gasteiger charge is -2.35. The van der Waals surface area contributed by atoms with Crippen molar-refractivity contribution in [3.8, 4) is 11.8 Å². The standard InChI is InChI=1S/C31H40N4O5/c1-21-10-8-9-13-25(21)27(28(37)33-23-11-6-5-7-12-23)35(19-18-32)29(38)26(34-30(39)40-31(2,3)4)20-22-14-16-24(36)17-15-22/h8-10,13-17,23,26-27,36H,5-7,11-12,19-20H2,1-4H3,(H,33,37)(H,34,39). The zero-order valence-electron chi connectivity index (χ0n) is 23.8. The van der Waals surface area contributed by atoms with Crippen molar-refractivity contribution < 1.29 is 24.2 Å². The number of carbonyl (C=O) groups excluding carboxylic acids is 3. The van der Waals surface area contributed by atoms with Crippen molar-refractivity contribution in [2.24, 2.45) is 0 Å². The molecular weight excluding hydrogens is 508 g/mol. The largest absolute Gasteiger partial charge is 0.508 e. The molecule has 0 saturated heterocycles. The predicted octanol–water partition coefficient (Wildman–Crippen LogP) is 4.68. The van der Waals surface area contributed by atoms with Crippen LogP contribution in [0, 0.1) is 18.3 Å². The molecule has 1 fully saturated rings. The number of phenols is 1. The van der Waals surface area contributed by atoms with E-state index < -0.39 is 29.7 Å². The first-order valence-electron chi connectivity index (χ1n) is 13.8. The highest BCUT2D eigenvalue weighted by atomic mass is 16.6. The number of amides is 3. The molecule has 0 radical (unpaired) electrons. The second-order valence-electron chi connectivity index (χ2n) is 11.3. The molecule has 0 heterocycles. The fraction of sp³-hybridized carbons (Fsp3) is 0.484. The maximum Gasteiger partial charge on any atom is 0.408 e. The topological polar surface area (TPSA) is 132 Å². The van der Waals surface area contributed by atoms with Gasteiger partial charge < -0.3 is 25.4 Å². The van der Waals surface area contributed by atoms with Crippen LogP contribution in [0.15, 0.2) is 48.5 Å². The first-order chi connectivity index (χ1) is 19.0. The van der Waals surface area contributed by atoms with Gasteiger partial charge in [0.05, 0.1) is 6.07 Å². The summed E-state index contributed by atoms with van der Waals surface area (Å²) in [4.78, 5) is 42.1. The zero-order valence-corrected chi connectivity index (χ0v) is 23.8. The van der Waals surface area contributed by atoms with E-state index in [1.165, 1.54) is 17.0 Å². The van der Waals surface area contributed by atoms with Gasteiger partial charge in [0.1, 0.15) is 30.0 Å². The van der Waals surface area contributed by atoms with Crippen LogP contribution in [0.5, 0.6) is 5.75 Å². The minimum atomic E-state index is -1.14. The fourth-order valence-corrected chi connectivity index (χ4v) is 4.96. The van der Waals surface area contributed by atoms with Crippen LogP contribution >= 0.6 is 0 Å². The molecule has 2 unspecified atom stereocenters. The molecule has 2 atom stereocenters. The molecule has 3 amide bonds. The van der Waals surface area contributed by atoms with Crippen molar-refractivity contribution in [3.05, 3.63) is 65.2 Å². The Balaban J connectivity index is 2.00. The summed E-state index contributed by atoms with van der Waals surface area (Å²) in [6, 6.07) is 13.4. The van der Waals surface area contributed by atoms with E-state index >= 15 is 0 Å². The first-order valence-corrected chi connectivity index (χ1v) is 13.8. The summed E-state index contributed by atoms with van der Waals surface area (Å²) in [6.07, 6.45) is 4.17. The molecule has 2 aromatic rings. The van der Waals surface area contributed by atoms with Gasteiger partial charge in [-0.05, 0) is 69.4 Å². The van der Waals surface area contributed by atoms with E-state index in [-0.39, 0.29) is 30.7 Å². The summed E-state index contributed by atoms with van der Waals surface area (Å²) in [5.74, 6) is -0.880. The van der Waals surface area contributed by atoms with E-state index in [1.54, 1.807) is 45.0 Å². The molecule has 1 aliphatic rings. The molecule has 3 rings (SSSR count). The number of nitriles is 1. The van der Waals surface area contributed by atoms with E-state index in [1.807, 2.05) is 25.1 Å². The van der Waals surface area contributed by atoms with E-state index in [2.05, 4.69) is 10.6 Å². The number of hydrogen-bond donors (Lipinski definition) is 3. The Bertz CT molecular complexity index is 1210. The Morgan fingerprint density at radius 3 is 2.33 bits per heavy atom. The Hall–Kier alpha value is -4.06. The summed E-state index contributed by atoms with van der Waals surface area (Å²) < 4.78 is 5.42. The van der Waals surface area contributed by atoms with Crippen LogP contribution in [-0.2, 0) is 20.7 Å². The molecule has 0 aliphatic heterocycles. The quantitative estimate of drug-likeness (QED) is 0.390. The summed E-state index contributed by atoms with van der Waals surface area (Å²) in [7, 11) is 0. The summed E-state index contributed by atoms with van der Waals surface area (Å²) >= 11 is 0. The van der Waals surface area contributed by atoms with Crippen molar-refractivity contribution in [1.82, 2.24) is 15.5 Å². The van der Waals surface area contributed by atoms with Crippen LogP contribution in [0.4, 0.5) is 4.79 Å². The highest BCUT2D eigenvalue weighted by Gasteiger charge is 2.37. The molecule has 9 nitrogen and oxygen atoms in total. The van der Waals surface area contributed by atoms with Crippen LogP contribution < -0.4 is 10.6 Å². The van der Waals surface area contributed by atoms with Crippen molar-refractivity contribution in [1.29, 1.82) is 5.26 Å². The average Bonchev–Trinajstić information content (AvgIpc) is 2.89. The smallest absolute Gasteiger partial charge is 0.408 e. The van der Waals surface area contributed by atoms with E-state index in [0.29, 0.717) is 11.1 Å². The van der Waals surface area contributed by atoms with Gasteiger partial charge in [-0.25, -0.2) is 4.79 Å². The lowest BCUT2D eigenvalue weighted by molar-refractivity contribution is -0.142. The first kappa shape index (κ1) is 30.5. The average molecular weight is 549 g/mol. The number of phenolic OH excluding ortho intramolecular Hbond substituents is 1. The maximum atomic E-state index is 14.2. The van der Waals surface area contributed by atoms with Gasteiger partial charge in [-0.1, -0.05) is 55.7 Å². The molecule has 40 heavy (non-hydrogen) atoms. The number of aryl methyl sites for hydroxylation is 1. The zero-order chi connectivity index (χ0) is 29.3. The second kappa shape index (κ2) is 13.8. The van der Waals surface area contributed by atoms with Crippen molar-refractivity contribution in [2.75, 3.05) is 6.54 Å². The molecular formula is C31H40N4O5. The molecule has 0 bridgehead atoms. The third-order valence-corrected chi connectivity index (χ3v) is 6.88. The minimum absolute atomic E-state index is 0.000474. The molecule has 9 heteroatoms. The fourth-order valence-electron chi connectivity index (χ4n) is 4.96. The van der Waals surface area contributed by atoms with Gasteiger partial charge in [-0.15, -0.1) is 0 Å². The Labute approximate surface area is 236 Å². The number of benzene rings is 2. The number of rotatable bonds is 9. The van der Waals surface area contributed by atoms with Gasteiger partial charge >= 0.3 is 6.09 Å². The summed E-state index contributed by atoms with van der Waals surface area (Å²) in [5, 5.41) is 25.3. The van der Waals surface area contributed by atoms with Crippen LogP contribution in [0.3, 0.4) is 0 Å². The number of nitrogens with one attached hydrogen (secondary N) is 2. The van der Waals surface area contributed by atoms with Crippen molar-refractivity contribution in [3.63, 3.8) is 0 Å². The highest BCUT2D eigenvalue weighted by molar-refractivity contribution is 5.92. The van der Waals surface area contributed by atoms with Gasteiger partial charge in [-0.3, -0.25) is 9.59 Å². The van der Waals surface area contributed by atoms with Crippen LogP contribution in [0.2, 0.25) is 0 Å². The SMILES string of the molecule is Cc1ccccc1C(C(=O)NC1CCCCC1)N(CC#N)C(=O)C(Cc1ccc(O)cc1)NC(=O)OC(C)(C)C. The number of hydrogen-bond acceptors (Lipinski definition) is 6. The molecule has 0 aromatic heterocycles. The Morgan fingerprint density at radius 2 is 1.73 bits per heavy atom. The predicted molar refractivity (Wildman–Crippen MR) is 151 cm³/mol. The van der Waals surface area contributed by atoms with E-state index in [0.717, 1.165) is 37.7 Å². The Kier molecular flexibility index (Phi) is 10.5. The van der Waals surface area contributed by atoms with Gasteiger partial charge in [0.25, 0.3) is 0 Å². The number of aromatic hydroxyl groups is 1. The molecule has 3 N–H and O–H groups in total. The van der Waals surface area contributed by atoms with Crippen LogP contribution in [0.1, 0.15) is 75.6 Å². The second-order valence-corrected chi connectivity index (χ2v) is 11.3. The van der Waals surface area contributed by atoms with Crippen LogP contribution in [-0.4, -0.2) is 52.1 Å². The number of nitrogens with zero attached hydrogens (tertiary/aromatic N) is 2. The van der Waals surface area contributed by atoms with Gasteiger partial charge in [0.2, 0.25) is 11.8 Å². The van der Waals surface area contributed by atoms with E-state index in [9.17, 15) is 24.8 Å². The number of carbonyl (C=O) groups is 3. The number of alkyl carbamates (subject to hydrolysis) is 1. The Morgan fingerprint density at radius 1 is 1.07 bits per heavy atom. The van der Waals surface area contributed by atoms with Gasteiger partial charge in [-0.2, -0.15) is 5.26 Å². The molecule has 0 spiro atoms. The summed E-state index contributed by atoms with van der Waals surface area (Å²) in [6.45, 7) is 6.65. The molecule has 1 aliphatic carbocycles. The van der Waals surface area contributed by atoms with Crippen LogP contribution in [0.25, 0.3) is 0 Å². The monoisotopic (exact) mass is 548 g/mol. The molecule has 2 aromatic carbocycles. The third-order valence-electron chi connectivity index (χ3n) is 6.88.